The van der Waals surface area contributed by atoms with Crippen molar-refractivity contribution >= 4 is 11.8 Å². The smallest absolute Gasteiger partial charge is 0.224 e. The number of hydrogen-bond acceptors (Lipinski definition) is 4. The van der Waals surface area contributed by atoms with E-state index in [1.165, 1.54) is 0 Å². The van der Waals surface area contributed by atoms with Crippen LogP contribution in [0.2, 0.25) is 0 Å². The molecule has 4 heteroatoms. The largest absolute Gasteiger partial charge is 0.366 e. The van der Waals surface area contributed by atoms with E-state index in [1.807, 2.05) is 6.07 Å². The summed E-state index contributed by atoms with van der Waals surface area (Å²) in [6, 6.07) is 2.23. The van der Waals surface area contributed by atoms with Crippen LogP contribution in [0.4, 0.5) is 11.8 Å². The fourth-order valence-electron chi connectivity index (χ4n) is 1.03. The number of rotatable bonds is 6. The lowest BCUT2D eigenvalue weighted by Gasteiger charge is -2.11. The molecule has 15 heavy (non-hydrogen) atoms. The van der Waals surface area contributed by atoms with Crippen LogP contribution < -0.4 is 10.6 Å². The van der Waals surface area contributed by atoms with Gasteiger partial charge in [-0.15, -0.1) is 6.58 Å². The molecular weight excluding hydrogens is 188 g/mol. The summed E-state index contributed by atoms with van der Waals surface area (Å²) in [7, 11) is 0. The van der Waals surface area contributed by atoms with Gasteiger partial charge in [-0.1, -0.05) is 13.0 Å². The van der Waals surface area contributed by atoms with Gasteiger partial charge in [0.1, 0.15) is 5.82 Å². The van der Waals surface area contributed by atoms with Crippen LogP contribution in [0.15, 0.2) is 24.9 Å². The van der Waals surface area contributed by atoms with Gasteiger partial charge in [-0.05, 0) is 19.4 Å². The lowest BCUT2D eigenvalue weighted by atomic mass is 10.3. The van der Waals surface area contributed by atoms with Crippen molar-refractivity contribution in [1.29, 1.82) is 0 Å². The van der Waals surface area contributed by atoms with Crippen LogP contribution in [-0.4, -0.2) is 22.6 Å². The first-order chi connectivity index (χ1) is 7.26. The van der Waals surface area contributed by atoms with Crippen molar-refractivity contribution in [1.82, 2.24) is 9.97 Å². The van der Waals surface area contributed by atoms with Crippen molar-refractivity contribution in [3.8, 4) is 0 Å². The minimum atomic E-state index is 0.389. The van der Waals surface area contributed by atoms with Crippen molar-refractivity contribution in [2.24, 2.45) is 0 Å². The van der Waals surface area contributed by atoms with Crippen LogP contribution in [0.25, 0.3) is 0 Å². The van der Waals surface area contributed by atoms with E-state index < -0.39 is 0 Å². The van der Waals surface area contributed by atoms with E-state index in [4.69, 9.17) is 0 Å². The molecule has 0 radical (unpaired) electrons. The third-order valence-corrected chi connectivity index (χ3v) is 2.07. The normalized spacial score (nSPS) is 11.9. The summed E-state index contributed by atoms with van der Waals surface area (Å²) in [6.07, 6.45) is 4.58. The van der Waals surface area contributed by atoms with E-state index in [2.05, 4.69) is 41.0 Å². The van der Waals surface area contributed by atoms with Crippen molar-refractivity contribution in [2.75, 3.05) is 17.2 Å². The highest BCUT2D eigenvalue weighted by molar-refractivity contribution is 5.40. The van der Waals surface area contributed by atoms with Gasteiger partial charge in [0, 0.05) is 18.8 Å². The number of hydrogen-bond donors (Lipinski definition) is 2. The van der Waals surface area contributed by atoms with Gasteiger partial charge in [0.25, 0.3) is 0 Å². The Kier molecular flexibility index (Phi) is 4.60. The fraction of sp³-hybridized carbons (Fsp3) is 0.455. The lowest BCUT2D eigenvalue weighted by Crippen LogP contribution is -2.16. The Morgan fingerprint density at radius 1 is 1.60 bits per heavy atom. The Labute approximate surface area is 90.8 Å². The second-order valence-electron chi connectivity index (χ2n) is 3.39. The van der Waals surface area contributed by atoms with E-state index >= 15 is 0 Å². The summed E-state index contributed by atoms with van der Waals surface area (Å²) in [4.78, 5) is 8.46. The van der Waals surface area contributed by atoms with Crippen molar-refractivity contribution in [3.05, 3.63) is 24.9 Å². The predicted octanol–water partition coefficient (Wildman–Crippen LogP) is 2.28. The maximum absolute atomic E-state index is 4.32. The van der Waals surface area contributed by atoms with Gasteiger partial charge in [0.15, 0.2) is 0 Å². The zero-order chi connectivity index (χ0) is 11.1. The molecule has 0 aliphatic rings. The zero-order valence-electron chi connectivity index (χ0n) is 9.33. The number of nitrogens with one attached hydrogen (secondary N) is 2. The van der Waals surface area contributed by atoms with Crippen molar-refractivity contribution < 1.29 is 0 Å². The summed E-state index contributed by atoms with van der Waals surface area (Å²) >= 11 is 0. The Hall–Kier alpha value is -1.58. The molecule has 1 aromatic heterocycles. The molecule has 82 valence electrons. The fourth-order valence-corrected chi connectivity index (χ4v) is 1.03. The molecule has 0 spiro atoms. The molecule has 1 rings (SSSR count). The summed E-state index contributed by atoms with van der Waals surface area (Å²) in [5.74, 6) is 1.48. The van der Waals surface area contributed by atoms with Gasteiger partial charge in [-0.2, -0.15) is 4.98 Å². The molecule has 1 aromatic rings. The molecule has 0 amide bonds. The molecule has 2 N–H and O–H groups in total. The third-order valence-electron chi connectivity index (χ3n) is 2.07. The molecule has 0 saturated carbocycles. The van der Waals surface area contributed by atoms with Crippen molar-refractivity contribution in [3.63, 3.8) is 0 Å². The van der Waals surface area contributed by atoms with Gasteiger partial charge in [0.05, 0.1) is 0 Å². The Bertz CT molecular complexity index is 311. The first-order valence-electron chi connectivity index (χ1n) is 5.20. The Balaban J connectivity index is 2.61. The van der Waals surface area contributed by atoms with E-state index in [9.17, 15) is 0 Å². The first-order valence-corrected chi connectivity index (χ1v) is 5.20. The first kappa shape index (κ1) is 11.5. The minimum Gasteiger partial charge on any atom is -0.366 e. The van der Waals surface area contributed by atoms with E-state index in [1.54, 1.807) is 12.3 Å². The molecule has 0 saturated heterocycles. The zero-order valence-corrected chi connectivity index (χ0v) is 9.33. The number of aromatic nitrogens is 2. The molecule has 0 aliphatic heterocycles. The third kappa shape index (κ3) is 3.97. The molecule has 4 nitrogen and oxygen atoms in total. The molecular formula is C11H18N4. The predicted molar refractivity (Wildman–Crippen MR) is 64.1 cm³/mol. The van der Waals surface area contributed by atoms with E-state index in [0.29, 0.717) is 18.5 Å². The van der Waals surface area contributed by atoms with Crippen LogP contribution in [-0.2, 0) is 0 Å². The molecule has 0 fully saturated rings. The quantitative estimate of drug-likeness (QED) is 0.701. The molecule has 1 heterocycles. The van der Waals surface area contributed by atoms with Gasteiger partial charge in [0.2, 0.25) is 5.95 Å². The average Bonchev–Trinajstić information content (AvgIpc) is 2.26. The standard InChI is InChI=1S/C11H18N4/c1-4-7-12-10-6-8-13-11(15-10)14-9(3)5-2/h4,6,8-9H,1,5,7H2,2-3H3,(H2,12,13,14,15). The highest BCUT2D eigenvalue weighted by Crippen LogP contribution is 2.07. The van der Waals surface area contributed by atoms with E-state index in [0.717, 1.165) is 12.2 Å². The average molecular weight is 206 g/mol. The summed E-state index contributed by atoms with van der Waals surface area (Å²) in [6.45, 7) is 8.57. The lowest BCUT2D eigenvalue weighted by molar-refractivity contribution is 0.753. The Morgan fingerprint density at radius 2 is 2.40 bits per heavy atom. The van der Waals surface area contributed by atoms with Gasteiger partial charge in [-0.3, -0.25) is 0 Å². The highest BCUT2D eigenvalue weighted by atomic mass is 15.1. The van der Waals surface area contributed by atoms with Crippen molar-refractivity contribution in [2.45, 2.75) is 26.3 Å². The van der Waals surface area contributed by atoms with Crippen LogP contribution in [0.1, 0.15) is 20.3 Å². The molecule has 0 aliphatic carbocycles. The topological polar surface area (TPSA) is 49.8 Å². The molecule has 1 atom stereocenters. The van der Waals surface area contributed by atoms with Crippen LogP contribution in [0.5, 0.6) is 0 Å². The van der Waals surface area contributed by atoms with E-state index in [-0.39, 0.29) is 0 Å². The monoisotopic (exact) mass is 206 g/mol. The highest BCUT2D eigenvalue weighted by Gasteiger charge is 2.01. The second kappa shape index (κ2) is 6.01. The maximum Gasteiger partial charge on any atom is 0.224 e. The van der Waals surface area contributed by atoms with Crippen LogP contribution in [0.3, 0.4) is 0 Å². The van der Waals surface area contributed by atoms with Crippen LogP contribution >= 0.6 is 0 Å². The summed E-state index contributed by atoms with van der Waals surface area (Å²) in [5.41, 5.74) is 0. The number of nitrogens with zero attached hydrogens (tertiary/aromatic N) is 2. The minimum absolute atomic E-state index is 0.389. The van der Waals surface area contributed by atoms with Crippen LogP contribution in [0, 0.1) is 0 Å². The number of anilines is 2. The summed E-state index contributed by atoms with van der Waals surface area (Å²) in [5, 5.41) is 6.34. The summed E-state index contributed by atoms with van der Waals surface area (Å²) < 4.78 is 0. The maximum atomic E-state index is 4.32. The molecule has 0 aromatic carbocycles. The van der Waals surface area contributed by atoms with Gasteiger partial charge in [-0.25, -0.2) is 4.98 Å². The Morgan fingerprint density at radius 3 is 3.07 bits per heavy atom. The molecule has 0 bridgehead atoms. The molecule has 1 unspecified atom stereocenters. The van der Waals surface area contributed by atoms with Gasteiger partial charge >= 0.3 is 0 Å². The SMILES string of the molecule is C=CCNc1ccnc(NC(C)CC)n1. The second-order valence-corrected chi connectivity index (χ2v) is 3.39. The van der Waals surface area contributed by atoms with Gasteiger partial charge < -0.3 is 10.6 Å².